The maximum absolute atomic E-state index is 13.4. The van der Waals surface area contributed by atoms with Gasteiger partial charge in [0.25, 0.3) is 5.91 Å². The smallest absolute Gasteiger partial charge is 0.497 e. The average molecular weight is 582 g/mol. The minimum Gasteiger partial charge on any atom is -0.497 e. The second-order valence-corrected chi connectivity index (χ2v) is 11.8. The van der Waals surface area contributed by atoms with Gasteiger partial charge in [-0.3, -0.25) is 24.1 Å². The predicted molar refractivity (Wildman–Crippen MR) is 155 cm³/mol. The largest absolute Gasteiger partial charge is 0.622 e. The van der Waals surface area contributed by atoms with Crippen molar-refractivity contribution in [2.75, 3.05) is 18.6 Å². The molecular weight excluding hydrogens is 547 g/mol. The molecule has 2 aliphatic heterocycles. The highest BCUT2D eigenvalue weighted by atomic mass is 32.2. The van der Waals surface area contributed by atoms with Crippen LogP contribution in [-0.4, -0.2) is 94.6 Å². The Balaban J connectivity index is 1.51. The Bertz CT molecular complexity index is 1240. The molecule has 218 valence electrons. The van der Waals surface area contributed by atoms with Gasteiger partial charge in [0.05, 0.1) is 17.7 Å². The van der Waals surface area contributed by atoms with Gasteiger partial charge in [-0.05, 0) is 38.4 Å². The summed E-state index contributed by atoms with van der Waals surface area (Å²) in [7, 11) is 0.323. The first kappa shape index (κ1) is 30.5. The van der Waals surface area contributed by atoms with Crippen LogP contribution in [0, 0.1) is 5.92 Å². The van der Waals surface area contributed by atoms with Crippen molar-refractivity contribution in [3.8, 4) is 11.3 Å². The van der Waals surface area contributed by atoms with Crippen molar-refractivity contribution in [2.24, 2.45) is 5.92 Å². The van der Waals surface area contributed by atoms with Crippen molar-refractivity contribution in [3.05, 3.63) is 54.2 Å². The van der Waals surface area contributed by atoms with Crippen LogP contribution < -0.4 is 10.6 Å². The summed E-state index contributed by atoms with van der Waals surface area (Å²) in [4.78, 5) is 58.6. The zero-order chi connectivity index (χ0) is 29.7. The van der Waals surface area contributed by atoms with Crippen molar-refractivity contribution in [3.63, 3.8) is 0 Å². The molecule has 0 radical (unpaired) electrons. The Hall–Kier alpha value is -3.42. The number of pyridine rings is 1. The Morgan fingerprint density at radius 1 is 1.02 bits per heavy atom. The fraction of sp³-hybridized carbons (Fsp3) is 0.464. The highest BCUT2D eigenvalue weighted by molar-refractivity contribution is 7.99. The van der Waals surface area contributed by atoms with Crippen molar-refractivity contribution < 1.29 is 33.6 Å². The second kappa shape index (κ2) is 13.5. The first-order valence-corrected chi connectivity index (χ1v) is 14.7. The number of aromatic nitrogens is 1. The van der Waals surface area contributed by atoms with Gasteiger partial charge in [-0.2, -0.15) is 11.8 Å². The molecule has 2 aliphatic rings. The van der Waals surface area contributed by atoms with Gasteiger partial charge in [0.1, 0.15) is 23.8 Å². The summed E-state index contributed by atoms with van der Waals surface area (Å²) in [6, 6.07) is 11.7. The van der Waals surface area contributed by atoms with Crippen LogP contribution in [0.2, 0.25) is 0 Å². The summed E-state index contributed by atoms with van der Waals surface area (Å²) in [5.41, 5.74) is 1.47. The number of carbonyl (C=O) groups excluding carboxylic acids is 4. The molecule has 2 bridgehead atoms. The number of rotatable bonds is 9. The number of hydrogen-bond acceptors (Lipinski definition) is 10. The van der Waals surface area contributed by atoms with E-state index >= 15 is 0 Å². The molecule has 13 heteroatoms. The number of carbonyl (C=O) groups is 4. The number of amides is 2. The number of nitrogens with zero attached hydrogens (tertiary/aromatic N) is 2. The lowest BCUT2D eigenvalue weighted by atomic mass is 9.73. The predicted octanol–water partition coefficient (Wildman–Crippen LogP) is 1.30. The quantitative estimate of drug-likeness (QED) is 0.370. The first-order valence-electron chi connectivity index (χ1n) is 13.6. The molecule has 0 spiro atoms. The van der Waals surface area contributed by atoms with E-state index < -0.39 is 61.0 Å². The summed E-state index contributed by atoms with van der Waals surface area (Å²) in [6.45, 7) is 5.19. The molecule has 41 heavy (non-hydrogen) atoms. The Morgan fingerprint density at radius 2 is 1.66 bits per heavy atom. The number of thioether (sulfide) groups is 1. The van der Waals surface area contributed by atoms with Gasteiger partial charge >= 0.3 is 19.1 Å². The zero-order valence-corrected chi connectivity index (χ0v) is 24.3. The lowest BCUT2D eigenvalue weighted by Crippen LogP contribution is -2.63. The van der Waals surface area contributed by atoms with Gasteiger partial charge in [-0.25, -0.2) is 4.98 Å². The molecule has 2 aromatic rings. The molecule has 1 aromatic carbocycles. The van der Waals surface area contributed by atoms with E-state index in [2.05, 4.69) is 15.6 Å². The summed E-state index contributed by atoms with van der Waals surface area (Å²) in [6.07, 6.45) is -0.971. The molecule has 2 amide bonds. The molecule has 3 N–H and O–H groups in total. The third kappa shape index (κ3) is 7.46. The van der Waals surface area contributed by atoms with E-state index in [0.717, 1.165) is 5.56 Å². The van der Waals surface area contributed by atoms with Crippen LogP contribution in [0.3, 0.4) is 0 Å². The monoisotopic (exact) mass is 582 g/mol. The number of benzene rings is 1. The lowest BCUT2D eigenvalue weighted by molar-refractivity contribution is -0.153. The second-order valence-electron chi connectivity index (χ2n) is 10.7. The molecule has 0 unspecified atom stereocenters. The topological polar surface area (TPSA) is 147 Å². The lowest BCUT2D eigenvalue weighted by Gasteiger charge is -2.40. The Kier molecular flexibility index (Phi) is 10.1. The number of aliphatic hydroxyl groups excluding tert-OH is 1. The third-order valence-electron chi connectivity index (χ3n) is 7.03. The molecule has 2 saturated heterocycles. The molecule has 3 heterocycles. The normalized spacial score (nSPS) is 21.6. The Labute approximate surface area is 243 Å². The van der Waals surface area contributed by atoms with E-state index in [-0.39, 0.29) is 11.6 Å². The van der Waals surface area contributed by atoms with Gasteiger partial charge in [-0.15, -0.1) is 0 Å². The van der Waals surface area contributed by atoms with Gasteiger partial charge in [0.15, 0.2) is 0 Å². The summed E-state index contributed by atoms with van der Waals surface area (Å²) >= 11 is 1.48. The number of likely N-dealkylation sites (N-methyl/N-ethyl adjacent to an activating group) is 1. The van der Waals surface area contributed by atoms with Gasteiger partial charge in [0.2, 0.25) is 5.91 Å². The average Bonchev–Trinajstić information content (AvgIpc) is 2.94. The molecular formula is C28H35BN4O7S. The van der Waals surface area contributed by atoms with E-state index in [9.17, 15) is 24.3 Å². The van der Waals surface area contributed by atoms with Crippen LogP contribution >= 0.6 is 11.8 Å². The van der Waals surface area contributed by atoms with E-state index in [1.807, 2.05) is 44.2 Å². The van der Waals surface area contributed by atoms with Crippen molar-refractivity contribution in [1.82, 2.24) is 20.5 Å². The SMILES string of the molecule is CC(C)C[C@H](NC(=O)[C@@H](NC(=O)c1cccc(-c2ccccc2)n1)[C@@H](C)O)B1OC(=O)[C@H]2CSC[C@H](C(=O)O1)N2C. The number of nitrogens with one attached hydrogen (secondary N) is 2. The highest BCUT2D eigenvalue weighted by Crippen LogP contribution is 2.26. The van der Waals surface area contributed by atoms with Crippen LogP contribution in [-0.2, 0) is 23.7 Å². The molecule has 4 rings (SSSR count). The first-order chi connectivity index (χ1) is 19.5. The van der Waals surface area contributed by atoms with Gasteiger partial charge in [0, 0.05) is 17.1 Å². The minimum absolute atomic E-state index is 0.0189. The van der Waals surface area contributed by atoms with Gasteiger partial charge < -0.3 is 25.0 Å². The summed E-state index contributed by atoms with van der Waals surface area (Å²) < 4.78 is 11.2. The van der Waals surface area contributed by atoms with Crippen molar-refractivity contribution in [1.29, 1.82) is 0 Å². The van der Waals surface area contributed by atoms with Crippen molar-refractivity contribution in [2.45, 2.75) is 57.4 Å². The van der Waals surface area contributed by atoms with E-state index in [1.165, 1.54) is 24.8 Å². The van der Waals surface area contributed by atoms with Crippen LogP contribution in [0.1, 0.15) is 37.7 Å². The van der Waals surface area contributed by atoms with E-state index in [0.29, 0.717) is 23.6 Å². The highest BCUT2D eigenvalue weighted by Gasteiger charge is 2.48. The number of aliphatic hydroxyl groups is 1. The van der Waals surface area contributed by atoms with E-state index in [4.69, 9.17) is 9.31 Å². The maximum Gasteiger partial charge on any atom is 0.622 e. The molecule has 0 saturated carbocycles. The van der Waals surface area contributed by atoms with Crippen LogP contribution in [0.4, 0.5) is 0 Å². The summed E-state index contributed by atoms with van der Waals surface area (Å²) in [5, 5.41) is 15.8. The van der Waals surface area contributed by atoms with E-state index in [1.54, 1.807) is 24.1 Å². The number of hydrogen-bond donors (Lipinski definition) is 3. The zero-order valence-electron chi connectivity index (χ0n) is 23.5. The van der Waals surface area contributed by atoms with Crippen LogP contribution in [0.15, 0.2) is 48.5 Å². The Morgan fingerprint density at radius 3 is 2.24 bits per heavy atom. The molecule has 1 aromatic heterocycles. The molecule has 0 aliphatic carbocycles. The van der Waals surface area contributed by atoms with Crippen LogP contribution in [0.25, 0.3) is 11.3 Å². The maximum atomic E-state index is 13.4. The summed E-state index contributed by atoms with van der Waals surface area (Å²) in [5.74, 6) is -2.41. The van der Waals surface area contributed by atoms with Gasteiger partial charge in [-0.1, -0.05) is 50.2 Å². The van der Waals surface area contributed by atoms with Crippen LogP contribution in [0.5, 0.6) is 0 Å². The molecule has 2 fully saturated rings. The fourth-order valence-electron chi connectivity index (χ4n) is 4.76. The molecule has 11 nitrogen and oxygen atoms in total. The standard InChI is InChI=1S/C28H35BN4O7S/c1-16(2)13-23(29-39-27(37)21-14-41-15-22(33(21)4)28(38)40-29)31-26(36)24(17(3)34)32-25(35)20-12-8-11-19(30-20)18-9-6-5-7-10-18/h5-12,16-17,21-24,34H,13-15H2,1-4H3,(H,31,36)(H,32,35)/t17-,21-,22-,23+,24+/m1/s1. The minimum atomic E-state index is -1.36. The fourth-order valence-corrected chi connectivity index (χ4v) is 6.08. The number of fused-ring (bicyclic) bond motifs is 2. The van der Waals surface area contributed by atoms with Crippen molar-refractivity contribution >= 4 is 42.6 Å². The third-order valence-corrected chi connectivity index (χ3v) is 8.13. The molecule has 5 atom stereocenters.